The van der Waals surface area contributed by atoms with Crippen LogP contribution in [-0.4, -0.2) is 89.8 Å². The van der Waals surface area contributed by atoms with Crippen LogP contribution in [0, 0.1) is 11.8 Å². The molecular formula is C31H41N3O6. The Morgan fingerprint density at radius 1 is 0.925 bits per heavy atom. The number of anilines is 1. The van der Waals surface area contributed by atoms with Crippen LogP contribution in [0.25, 0.3) is 0 Å². The van der Waals surface area contributed by atoms with Crippen LogP contribution in [-0.2, 0) is 19.1 Å². The summed E-state index contributed by atoms with van der Waals surface area (Å²) in [5.74, 6) is -1.35. The maximum Gasteiger partial charge on any atom is 0.253 e. The number of ether oxygens (including phenoxy) is 2. The van der Waals surface area contributed by atoms with Gasteiger partial charge in [0.15, 0.2) is 0 Å². The molecule has 216 valence electrons. The van der Waals surface area contributed by atoms with Crippen molar-refractivity contribution < 1.29 is 29.0 Å². The van der Waals surface area contributed by atoms with E-state index in [1.807, 2.05) is 62.4 Å². The summed E-state index contributed by atoms with van der Waals surface area (Å²) in [7, 11) is 1.60. The lowest BCUT2D eigenvalue weighted by Crippen LogP contribution is -2.56. The summed E-state index contributed by atoms with van der Waals surface area (Å²) >= 11 is 0. The Hall–Kier alpha value is -3.17. The molecule has 4 heterocycles. The normalized spacial score (nSPS) is 31.2. The van der Waals surface area contributed by atoms with Crippen molar-refractivity contribution in [2.45, 2.75) is 63.2 Å². The van der Waals surface area contributed by atoms with Crippen molar-refractivity contribution in [3.8, 4) is 5.75 Å². The van der Waals surface area contributed by atoms with Crippen LogP contribution in [0.1, 0.15) is 46.0 Å². The first-order valence-electron chi connectivity index (χ1n) is 14.5. The molecule has 4 aliphatic heterocycles. The molecule has 0 aliphatic carbocycles. The van der Waals surface area contributed by atoms with Crippen LogP contribution >= 0.6 is 0 Å². The van der Waals surface area contributed by atoms with Gasteiger partial charge in [0.1, 0.15) is 17.4 Å². The Kier molecular flexibility index (Phi) is 8.06. The molecule has 0 radical (unpaired) electrons. The van der Waals surface area contributed by atoms with Gasteiger partial charge in [-0.1, -0.05) is 44.1 Å². The molecule has 1 unspecified atom stereocenters. The van der Waals surface area contributed by atoms with Gasteiger partial charge in [-0.3, -0.25) is 14.4 Å². The first-order valence-corrected chi connectivity index (χ1v) is 14.5. The maximum atomic E-state index is 14.5. The predicted octanol–water partition coefficient (Wildman–Crippen LogP) is 2.93. The minimum absolute atomic E-state index is 0.0924. The van der Waals surface area contributed by atoms with Crippen LogP contribution < -0.4 is 9.64 Å². The summed E-state index contributed by atoms with van der Waals surface area (Å²) in [6.45, 7) is 5.83. The van der Waals surface area contributed by atoms with E-state index < -0.39 is 29.1 Å². The predicted molar refractivity (Wildman–Crippen MR) is 151 cm³/mol. The number of aliphatic hydroxyl groups excluding tert-OH is 1. The minimum Gasteiger partial charge on any atom is -0.497 e. The monoisotopic (exact) mass is 551 g/mol. The topological polar surface area (TPSA) is 99.6 Å². The summed E-state index contributed by atoms with van der Waals surface area (Å²) < 4.78 is 12.2. The number of hydrogen-bond donors (Lipinski definition) is 1. The number of unbranched alkanes of at least 4 members (excludes halogenated alkanes) is 3. The number of fused-ring (bicyclic) bond motifs is 2. The summed E-state index contributed by atoms with van der Waals surface area (Å²) in [6.07, 6.45) is 11.5. The molecule has 9 heteroatoms. The van der Waals surface area contributed by atoms with Gasteiger partial charge >= 0.3 is 0 Å². The number of methoxy groups -OCH3 is 1. The van der Waals surface area contributed by atoms with Crippen LogP contribution in [0.2, 0.25) is 0 Å². The van der Waals surface area contributed by atoms with Crippen LogP contribution in [0.15, 0.2) is 48.6 Å². The number of carbonyl (C=O) groups is 3. The summed E-state index contributed by atoms with van der Waals surface area (Å²) in [4.78, 5) is 48.0. The highest BCUT2D eigenvalue weighted by Gasteiger charge is 2.74. The van der Waals surface area contributed by atoms with Crippen molar-refractivity contribution in [1.29, 1.82) is 0 Å². The van der Waals surface area contributed by atoms with Crippen LogP contribution in [0.3, 0.4) is 0 Å². The minimum atomic E-state index is -1.25. The molecule has 0 saturated carbocycles. The standard InChI is InChI=1S/C31H41N3O6/c1-4-17-32-18-9-15-30(2)24(27(32)36)25-28(37)34(19-7-5-6-8-21-35)26-29(38)33(20-10-16-31(25,26)40-30)22-11-13-23(39-3)14-12-22/h9-16,24-26,35H,4-8,17-21H2,1-3H3/t24-,25-,26?,30+,31-/m0/s1. The van der Waals surface area contributed by atoms with E-state index in [4.69, 9.17) is 9.47 Å². The quantitative estimate of drug-likeness (QED) is 0.355. The SMILES string of the molecule is CCCN1CC=C[C@@]2(C)O[C@]34C=CCN(c5ccc(OC)cc5)C(=O)C3N(CCCCCCO)C(=O)[C@@H]4[C@H]2C1=O. The van der Waals surface area contributed by atoms with Crippen LogP contribution in [0.5, 0.6) is 5.75 Å². The van der Waals surface area contributed by atoms with Crippen molar-refractivity contribution >= 4 is 23.4 Å². The lowest BCUT2D eigenvalue weighted by molar-refractivity contribution is -0.148. The zero-order valence-corrected chi connectivity index (χ0v) is 23.8. The van der Waals surface area contributed by atoms with E-state index in [9.17, 15) is 19.5 Å². The third-order valence-corrected chi connectivity index (χ3v) is 8.83. The number of aliphatic hydroxyl groups is 1. The van der Waals surface area contributed by atoms with Gasteiger partial charge in [0.05, 0.1) is 24.5 Å². The van der Waals surface area contributed by atoms with Crippen molar-refractivity contribution in [3.05, 3.63) is 48.6 Å². The molecule has 0 aromatic heterocycles. The van der Waals surface area contributed by atoms with E-state index in [-0.39, 0.29) is 24.3 Å². The molecule has 0 bridgehead atoms. The van der Waals surface area contributed by atoms with Gasteiger partial charge in [-0.25, -0.2) is 0 Å². The number of rotatable bonds is 10. The number of carbonyl (C=O) groups excluding carboxylic acids is 3. The Labute approximate surface area is 236 Å². The van der Waals surface area contributed by atoms with E-state index in [0.29, 0.717) is 50.5 Å². The summed E-state index contributed by atoms with van der Waals surface area (Å²) in [5, 5.41) is 9.17. The van der Waals surface area contributed by atoms with Crippen molar-refractivity contribution in [2.75, 3.05) is 44.8 Å². The highest BCUT2D eigenvalue weighted by Crippen LogP contribution is 2.57. The Morgan fingerprint density at radius 3 is 2.35 bits per heavy atom. The molecular weight excluding hydrogens is 510 g/mol. The maximum absolute atomic E-state index is 14.5. The van der Waals surface area contributed by atoms with E-state index in [1.165, 1.54) is 0 Å². The van der Waals surface area contributed by atoms with Gasteiger partial charge in [0.2, 0.25) is 11.8 Å². The first kappa shape index (κ1) is 28.4. The Bertz CT molecular complexity index is 1180. The summed E-state index contributed by atoms with van der Waals surface area (Å²) in [5.41, 5.74) is -1.56. The smallest absolute Gasteiger partial charge is 0.253 e. The third kappa shape index (κ3) is 4.63. The molecule has 9 nitrogen and oxygen atoms in total. The fraction of sp³-hybridized carbons (Fsp3) is 0.581. The number of benzene rings is 1. The molecule has 4 aliphatic rings. The molecule has 40 heavy (non-hydrogen) atoms. The highest BCUT2D eigenvalue weighted by atomic mass is 16.5. The van der Waals surface area contributed by atoms with E-state index in [0.717, 1.165) is 19.3 Å². The molecule has 5 atom stereocenters. The Morgan fingerprint density at radius 2 is 1.65 bits per heavy atom. The number of amides is 3. The van der Waals surface area contributed by atoms with E-state index in [1.54, 1.807) is 21.8 Å². The van der Waals surface area contributed by atoms with Crippen LogP contribution in [0.4, 0.5) is 5.69 Å². The van der Waals surface area contributed by atoms with Gasteiger partial charge < -0.3 is 29.3 Å². The van der Waals surface area contributed by atoms with Crippen molar-refractivity contribution in [3.63, 3.8) is 0 Å². The van der Waals surface area contributed by atoms with Gasteiger partial charge in [-0.15, -0.1) is 0 Å². The van der Waals surface area contributed by atoms with Gasteiger partial charge in [-0.2, -0.15) is 0 Å². The lowest BCUT2D eigenvalue weighted by atomic mass is 9.74. The fourth-order valence-electron chi connectivity index (χ4n) is 7.02. The molecule has 1 aromatic rings. The second-order valence-electron chi connectivity index (χ2n) is 11.4. The van der Waals surface area contributed by atoms with Crippen molar-refractivity contribution in [1.82, 2.24) is 9.80 Å². The second-order valence-corrected chi connectivity index (χ2v) is 11.4. The number of hydrogen-bond acceptors (Lipinski definition) is 6. The second kappa shape index (κ2) is 11.4. The zero-order valence-electron chi connectivity index (χ0n) is 23.8. The highest BCUT2D eigenvalue weighted by molar-refractivity contribution is 6.06. The van der Waals surface area contributed by atoms with Gasteiger partial charge in [0, 0.05) is 38.5 Å². The average molecular weight is 552 g/mol. The molecule has 2 fully saturated rings. The Balaban J connectivity index is 1.55. The third-order valence-electron chi connectivity index (χ3n) is 8.83. The van der Waals surface area contributed by atoms with Crippen molar-refractivity contribution in [2.24, 2.45) is 11.8 Å². The molecule has 2 saturated heterocycles. The van der Waals surface area contributed by atoms with Gasteiger partial charge in [0.25, 0.3) is 5.91 Å². The number of likely N-dealkylation sites (tertiary alicyclic amines) is 1. The molecule has 1 N–H and O–H groups in total. The zero-order chi connectivity index (χ0) is 28.5. The van der Waals surface area contributed by atoms with E-state index in [2.05, 4.69) is 0 Å². The molecule has 1 aromatic carbocycles. The fourth-order valence-corrected chi connectivity index (χ4v) is 7.02. The number of nitrogens with zero attached hydrogens (tertiary/aromatic N) is 3. The molecule has 3 amide bonds. The average Bonchev–Trinajstić information content (AvgIpc) is 3.21. The molecule has 5 rings (SSSR count). The van der Waals surface area contributed by atoms with Gasteiger partial charge in [-0.05, 0) is 50.5 Å². The first-order chi connectivity index (χ1) is 19.3. The summed E-state index contributed by atoms with van der Waals surface area (Å²) in [6, 6.07) is 6.40. The van der Waals surface area contributed by atoms with E-state index >= 15 is 0 Å². The molecule has 1 spiro atoms. The lowest BCUT2D eigenvalue weighted by Gasteiger charge is -2.37. The largest absolute Gasteiger partial charge is 0.497 e.